The average molecular weight is 308 g/mol. The Labute approximate surface area is 123 Å². The van der Waals surface area contributed by atoms with Crippen LogP contribution >= 0.6 is 0 Å². The Hall–Kier alpha value is -1.99. The molecule has 0 saturated heterocycles. The summed E-state index contributed by atoms with van der Waals surface area (Å²) in [6.07, 6.45) is 1.40. The Kier molecular flexibility index (Phi) is 4.54. The van der Waals surface area contributed by atoms with Crippen LogP contribution in [0.15, 0.2) is 36.5 Å². The van der Waals surface area contributed by atoms with Crippen LogP contribution in [0.5, 0.6) is 0 Å². The second kappa shape index (κ2) is 6.19. The van der Waals surface area contributed by atoms with Crippen molar-refractivity contribution in [2.24, 2.45) is 0 Å². The van der Waals surface area contributed by atoms with E-state index in [0.29, 0.717) is 11.1 Å². The largest absolute Gasteiger partial charge is 0.481 e. The average Bonchev–Trinajstić information content (AvgIpc) is 2.44. The molecule has 2 aromatic rings. The van der Waals surface area contributed by atoms with Gasteiger partial charge in [0.15, 0.2) is 0 Å². The van der Waals surface area contributed by atoms with E-state index in [1.54, 1.807) is 24.4 Å². The maximum absolute atomic E-state index is 12.3. The Morgan fingerprint density at radius 2 is 2.00 bits per heavy atom. The molecule has 1 aromatic heterocycles. The molecule has 0 unspecified atom stereocenters. The van der Waals surface area contributed by atoms with Crippen LogP contribution in [-0.4, -0.2) is 42.4 Å². The molecule has 112 valence electrons. The van der Waals surface area contributed by atoms with Crippen LogP contribution in [0, 0.1) is 0 Å². The minimum absolute atomic E-state index is 0.0458. The van der Waals surface area contributed by atoms with Crippen LogP contribution < -0.4 is 0 Å². The van der Waals surface area contributed by atoms with E-state index in [1.807, 2.05) is 12.1 Å². The van der Waals surface area contributed by atoms with E-state index in [4.69, 9.17) is 5.11 Å². The third-order valence-electron chi connectivity index (χ3n) is 3.17. The first-order valence-corrected chi connectivity index (χ1v) is 7.99. The molecule has 0 radical (unpaired) electrons. The smallest absolute Gasteiger partial charge is 0.304 e. The highest BCUT2D eigenvalue weighted by molar-refractivity contribution is 7.88. The van der Waals surface area contributed by atoms with E-state index in [2.05, 4.69) is 4.98 Å². The van der Waals surface area contributed by atoms with Gasteiger partial charge < -0.3 is 5.11 Å². The van der Waals surface area contributed by atoms with Crippen molar-refractivity contribution >= 4 is 26.9 Å². The summed E-state index contributed by atoms with van der Waals surface area (Å²) in [6, 6.07) is 9.03. The van der Waals surface area contributed by atoms with Gasteiger partial charge in [0.05, 0.1) is 17.7 Å². The van der Waals surface area contributed by atoms with E-state index in [-0.39, 0.29) is 18.7 Å². The molecule has 0 aliphatic heterocycles. The number of carboxylic acid groups (broad SMARTS) is 1. The molecular formula is C14H16N2O4S. The second-order valence-electron chi connectivity index (χ2n) is 4.71. The highest BCUT2D eigenvalue weighted by Crippen LogP contribution is 2.19. The fraction of sp³-hybridized carbons (Fsp3) is 0.286. The highest BCUT2D eigenvalue weighted by Gasteiger charge is 2.20. The van der Waals surface area contributed by atoms with Crippen LogP contribution in [0.1, 0.15) is 12.0 Å². The molecule has 0 spiro atoms. The fourth-order valence-electron chi connectivity index (χ4n) is 1.98. The first-order valence-electron chi connectivity index (χ1n) is 6.38. The van der Waals surface area contributed by atoms with Gasteiger partial charge in [-0.05, 0) is 11.6 Å². The van der Waals surface area contributed by atoms with Gasteiger partial charge in [0.2, 0.25) is 10.0 Å². The minimum Gasteiger partial charge on any atom is -0.481 e. The lowest BCUT2D eigenvalue weighted by Crippen LogP contribution is -2.30. The van der Waals surface area contributed by atoms with Crippen LogP contribution in [0.2, 0.25) is 0 Å². The van der Waals surface area contributed by atoms with Crippen molar-refractivity contribution in [3.8, 4) is 0 Å². The van der Waals surface area contributed by atoms with Crippen LogP contribution in [0.3, 0.4) is 0 Å². The SMILES string of the molecule is CN(CCC(=O)O)S(=O)(=O)Cc1cccc2cccnc12. The Morgan fingerprint density at radius 3 is 2.71 bits per heavy atom. The lowest BCUT2D eigenvalue weighted by molar-refractivity contribution is -0.137. The third kappa shape index (κ3) is 3.77. The summed E-state index contributed by atoms with van der Waals surface area (Å²) in [6.45, 7) is -0.0458. The zero-order valence-electron chi connectivity index (χ0n) is 11.6. The maximum atomic E-state index is 12.3. The van der Waals surface area contributed by atoms with Crippen molar-refractivity contribution in [1.29, 1.82) is 0 Å². The topological polar surface area (TPSA) is 87.6 Å². The van der Waals surface area contributed by atoms with Gasteiger partial charge in [0, 0.05) is 25.2 Å². The quantitative estimate of drug-likeness (QED) is 0.873. The summed E-state index contributed by atoms with van der Waals surface area (Å²) in [4.78, 5) is 14.8. The molecule has 1 heterocycles. The number of aliphatic carboxylic acids is 1. The number of rotatable bonds is 6. The molecule has 6 nitrogen and oxygen atoms in total. The molecule has 0 aliphatic carbocycles. The Balaban J connectivity index is 2.24. The number of sulfonamides is 1. The van der Waals surface area contributed by atoms with Gasteiger partial charge >= 0.3 is 5.97 Å². The number of aromatic nitrogens is 1. The fourth-order valence-corrected chi connectivity index (χ4v) is 3.20. The number of hydrogen-bond acceptors (Lipinski definition) is 4. The molecule has 0 atom stereocenters. The summed E-state index contributed by atoms with van der Waals surface area (Å²) in [5.74, 6) is -1.22. The summed E-state index contributed by atoms with van der Waals surface area (Å²) in [7, 11) is -2.18. The molecule has 0 bridgehead atoms. The van der Waals surface area contributed by atoms with E-state index in [9.17, 15) is 13.2 Å². The molecule has 1 aromatic carbocycles. The third-order valence-corrected chi connectivity index (χ3v) is 4.98. The Morgan fingerprint density at radius 1 is 1.29 bits per heavy atom. The number of benzene rings is 1. The normalized spacial score (nSPS) is 11.9. The van der Waals surface area contributed by atoms with E-state index in [1.165, 1.54) is 7.05 Å². The van der Waals surface area contributed by atoms with Gasteiger partial charge in [-0.25, -0.2) is 12.7 Å². The molecular weight excluding hydrogens is 292 g/mol. The van der Waals surface area contributed by atoms with E-state index >= 15 is 0 Å². The summed E-state index contributed by atoms with van der Waals surface area (Å²) in [5, 5.41) is 9.50. The highest BCUT2D eigenvalue weighted by atomic mass is 32.2. The van der Waals surface area contributed by atoms with Crippen LogP contribution in [0.25, 0.3) is 10.9 Å². The number of carboxylic acids is 1. The molecule has 0 saturated carbocycles. The van der Waals surface area contributed by atoms with E-state index in [0.717, 1.165) is 9.69 Å². The number of pyridine rings is 1. The lowest BCUT2D eigenvalue weighted by Gasteiger charge is -2.16. The monoisotopic (exact) mass is 308 g/mol. The van der Waals surface area contributed by atoms with Crippen LogP contribution in [-0.2, 0) is 20.6 Å². The van der Waals surface area contributed by atoms with Crippen molar-refractivity contribution in [3.63, 3.8) is 0 Å². The molecule has 0 aliphatic rings. The zero-order valence-corrected chi connectivity index (χ0v) is 12.4. The molecule has 21 heavy (non-hydrogen) atoms. The van der Waals surface area contributed by atoms with Crippen LogP contribution in [0.4, 0.5) is 0 Å². The summed E-state index contributed by atoms with van der Waals surface area (Å²) < 4.78 is 25.6. The van der Waals surface area contributed by atoms with Crippen molar-refractivity contribution in [2.75, 3.05) is 13.6 Å². The van der Waals surface area contributed by atoms with Gasteiger partial charge in [-0.1, -0.05) is 24.3 Å². The first kappa shape index (κ1) is 15.4. The predicted octanol–water partition coefficient (Wildman–Crippen LogP) is 1.47. The maximum Gasteiger partial charge on any atom is 0.304 e. The predicted molar refractivity (Wildman–Crippen MR) is 79.2 cm³/mol. The van der Waals surface area contributed by atoms with Crippen molar-refractivity contribution in [2.45, 2.75) is 12.2 Å². The lowest BCUT2D eigenvalue weighted by atomic mass is 10.1. The van der Waals surface area contributed by atoms with Gasteiger partial charge in [-0.15, -0.1) is 0 Å². The molecule has 7 heteroatoms. The minimum atomic E-state index is -3.57. The number of hydrogen-bond donors (Lipinski definition) is 1. The number of fused-ring (bicyclic) bond motifs is 1. The van der Waals surface area contributed by atoms with Gasteiger partial charge in [0.25, 0.3) is 0 Å². The molecule has 0 fully saturated rings. The number of para-hydroxylation sites is 1. The van der Waals surface area contributed by atoms with Crippen molar-refractivity contribution < 1.29 is 18.3 Å². The summed E-state index contributed by atoms with van der Waals surface area (Å²) in [5.41, 5.74) is 1.26. The van der Waals surface area contributed by atoms with Crippen molar-refractivity contribution in [3.05, 3.63) is 42.1 Å². The molecule has 0 amide bonds. The van der Waals surface area contributed by atoms with Gasteiger partial charge in [-0.2, -0.15) is 0 Å². The van der Waals surface area contributed by atoms with Crippen molar-refractivity contribution in [1.82, 2.24) is 9.29 Å². The zero-order chi connectivity index (χ0) is 15.5. The Bertz CT molecular complexity index is 753. The first-order chi connectivity index (χ1) is 9.90. The van der Waals surface area contributed by atoms with Gasteiger partial charge in [0.1, 0.15) is 0 Å². The number of nitrogens with zero attached hydrogens (tertiary/aromatic N) is 2. The summed E-state index contributed by atoms with van der Waals surface area (Å²) >= 11 is 0. The molecule has 2 rings (SSSR count). The second-order valence-corrected chi connectivity index (χ2v) is 6.79. The van der Waals surface area contributed by atoms with Gasteiger partial charge in [-0.3, -0.25) is 9.78 Å². The molecule has 1 N–H and O–H groups in total. The standard InChI is InChI=1S/C14H16N2O4S/c1-16(9-7-13(17)18)21(19,20)10-12-5-2-4-11-6-3-8-15-14(11)12/h2-6,8H,7,9-10H2,1H3,(H,17,18). The van der Waals surface area contributed by atoms with E-state index < -0.39 is 16.0 Å². The number of carbonyl (C=O) groups is 1.